The summed E-state index contributed by atoms with van der Waals surface area (Å²) in [6.45, 7) is 1.82. The largest absolute Gasteiger partial charge is 0.384 e. The zero-order valence-electron chi connectivity index (χ0n) is 11.9. The Kier molecular flexibility index (Phi) is 2.95. The number of nitrogens with one attached hydrogen (secondary N) is 2. The summed E-state index contributed by atoms with van der Waals surface area (Å²) in [4.78, 5) is 18.1. The van der Waals surface area contributed by atoms with Gasteiger partial charge in [0.2, 0.25) is 0 Å². The number of aromatic nitrogens is 1. The summed E-state index contributed by atoms with van der Waals surface area (Å²) < 4.78 is 0. The topological polar surface area (TPSA) is 48.1 Å². The van der Waals surface area contributed by atoms with E-state index in [1.165, 1.54) is 11.3 Å². The Balaban J connectivity index is 1.62. The molecule has 0 saturated carbocycles. The van der Waals surface area contributed by atoms with Crippen LogP contribution in [-0.4, -0.2) is 28.9 Å². The number of fused-ring (bicyclic) bond motifs is 1. The van der Waals surface area contributed by atoms with Crippen molar-refractivity contribution in [1.82, 2.24) is 9.88 Å². The number of hydrogen-bond donors (Lipinski definition) is 2. The van der Waals surface area contributed by atoms with Crippen LogP contribution in [0, 0.1) is 0 Å². The average molecular weight is 281 g/mol. The van der Waals surface area contributed by atoms with Gasteiger partial charge in [0.05, 0.1) is 6.04 Å². The van der Waals surface area contributed by atoms with Gasteiger partial charge in [0.1, 0.15) is 0 Å². The van der Waals surface area contributed by atoms with Crippen molar-refractivity contribution in [3.63, 3.8) is 0 Å². The van der Waals surface area contributed by atoms with Crippen molar-refractivity contribution in [3.8, 4) is 0 Å². The summed E-state index contributed by atoms with van der Waals surface area (Å²) in [5.41, 5.74) is 4.39. The molecule has 1 amide bonds. The Morgan fingerprint density at radius 2 is 2.24 bits per heavy atom. The molecule has 1 aromatic heterocycles. The standard InChI is InChI=1S/C17H19N3O/c21-17(13-5-6-14-12(11-13)7-9-19-14)20-10-2-4-16(20)15-3-1-8-18-15/h1,3,5-6,8,11,16,18-19H,2,4,7,9-10H2/t16-/m1/s1. The van der Waals surface area contributed by atoms with E-state index in [-0.39, 0.29) is 11.9 Å². The van der Waals surface area contributed by atoms with Crippen molar-refractivity contribution in [2.24, 2.45) is 0 Å². The lowest BCUT2D eigenvalue weighted by molar-refractivity contribution is 0.0733. The zero-order chi connectivity index (χ0) is 14.2. The number of nitrogens with zero attached hydrogens (tertiary/aromatic N) is 1. The van der Waals surface area contributed by atoms with Gasteiger partial charge in [0.15, 0.2) is 0 Å². The third kappa shape index (κ3) is 2.11. The number of likely N-dealkylation sites (tertiary alicyclic amines) is 1. The maximum Gasteiger partial charge on any atom is 0.254 e. The zero-order valence-corrected chi connectivity index (χ0v) is 11.9. The lowest BCUT2D eigenvalue weighted by Crippen LogP contribution is -2.30. The van der Waals surface area contributed by atoms with E-state index in [2.05, 4.69) is 22.4 Å². The minimum Gasteiger partial charge on any atom is -0.384 e. The number of rotatable bonds is 2. The van der Waals surface area contributed by atoms with Gasteiger partial charge in [-0.25, -0.2) is 0 Å². The van der Waals surface area contributed by atoms with Crippen LogP contribution in [0.2, 0.25) is 0 Å². The highest BCUT2D eigenvalue weighted by Crippen LogP contribution is 2.33. The SMILES string of the molecule is O=C(c1ccc2c(c1)CCN2)N1CCC[C@@H]1c1ccc[nH]1. The number of hydrogen-bond acceptors (Lipinski definition) is 2. The molecule has 2 N–H and O–H groups in total. The summed E-state index contributed by atoms with van der Waals surface area (Å²) in [5.74, 6) is 0.154. The van der Waals surface area contributed by atoms with E-state index in [4.69, 9.17) is 0 Å². The number of H-pyrrole nitrogens is 1. The third-order valence-electron chi connectivity index (χ3n) is 4.56. The molecule has 4 rings (SSSR count). The third-order valence-corrected chi connectivity index (χ3v) is 4.56. The summed E-state index contributed by atoms with van der Waals surface area (Å²) in [6.07, 6.45) is 5.05. The van der Waals surface area contributed by atoms with Gasteiger partial charge in [-0.05, 0) is 55.2 Å². The van der Waals surface area contributed by atoms with Crippen LogP contribution in [0.3, 0.4) is 0 Å². The van der Waals surface area contributed by atoms with E-state index < -0.39 is 0 Å². The first-order valence-corrected chi connectivity index (χ1v) is 7.64. The second-order valence-corrected chi connectivity index (χ2v) is 5.83. The van der Waals surface area contributed by atoms with Gasteiger partial charge in [-0.3, -0.25) is 4.79 Å². The van der Waals surface area contributed by atoms with Crippen molar-refractivity contribution < 1.29 is 4.79 Å². The molecule has 2 aliphatic rings. The van der Waals surface area contributed by atoms with E-state index in [1.54, 1.807) is 0 Å². The molecule has 1 atom stereocenters. The van der Waals surface area contributed by atoms with Gasteiger partial charge in [-0.1, -0.05) is 0 Å². The second kappa shape index (κ2) is 4.95. The lowest BCUT2D eigenvalue weighted by atomic mass is 10.1. The molecule has 4 heteroatoms. The molecule has 1 saturated heterocycles. The van der Waals surface area contributed by atoms with Crippen LogP contribution in [-0.2, 0) is 6.42 Å². The number of carbonyl (C=O) groups excluding carboxylic acids is 1. The second-order valence-electron chi connectivity index (χ2n) is 5.83. The number of carbonyl (C=O) groups is 1. The van der Waals surface area contributed by atoms with Crippen molar-refractivity contribution in [2.75, 3.05) is 18.4 Å². The van der Waals surface area contributed by atoms with Gasteiger partial charge in [-0.2, -0.15) is 0 Å². The maximum absolute atomic E-state index is 12.8. The Morgan fingerprint density at radius 3 is 3.10 bits per heavy atom. The van der Waals surface area contributed by atoms with Gasteiger partial charge in [0, 0.05) is 36.2 Å². The predicted molar refractivity (Wildman–Crippen MR) is 82.4 cm³/mol. The Bertz CT molecular complexity index is 663. The van der Waals surface area contributed by atoms with E-state index in [0.29, 0.717) is 0 Å². The van der Waals surface area contributed by atoms with Crippen LogP contribution >= 0.6 is 0 Å². The summed E-state index contributed by atoms with van der Waals surface area (Å²) >= 11 is 0. The molecule has 0 aliphatic carbocycles. The molecule has 0 radical (unpaired) electrons. The predicted octanol–water partition coefficient (Wildman–Crippen LogP) is 2.96. The summed E-state index contributed by atoms with van der Waals surface area (Å²) in [5, 5.41) is 3.34. The van der Waals surface area contributed by atoms with Crippen molar-refractivity contribution in [1.29, 1.82) is 0 Å². The molecule has 1 aromatic carbocycles. The van der Waals surface area contributed by atoms with Gasteiger partial charge >= 0.3 is 0 Å². The van der Waals surface area contributed by atoms with E-state index in [9.17, 15) is 4.79 Å². The quantitative estimate of drug-likeness (QED) is 0.889. The Labute approximate surface area is 124 Å². The number of amides is 1. The highest BCUT2D eigenvalue weighted by molar-refractivity contribution is 5.95. The number of aromatic amines is 1. The molecular formula is C17H19N3O. The average Bonchev–Trinajstić information content (AvgIpc) is 3.24. The van der Waals surface area contributed by atoms with E-state index >= 15 is 0 Å². The minimum absolute atomic E-state index is 0.154. The number of benzene rings is 1. The highest BCUT2D eigenvalue weighted by Gasteiger charge is 2.31. The molecule has 1 fully saturated rings. The van der Waals surface area contributed by atoms with Crippen LogP contribution in [0.15, 0.2) is 36.5 Å². The molecule has 2 aromatic rings. The first kappa shape index (κ1) is 12.5. The van der Waals surface area contributed by atoms with Gasteiger partial charge in [-0.15, -0.1) is 0 Å². The molecule has 0 bridgehead atoms. The first-order chi connectivity index (χ1) is 10.3. The maximum atomic E-state index is 12.8. The van der Waals surface area contributed by atoms with Crippen molar-refractivity contribution in [3.05, 3.63) is 53.3 Å². The first-order valence-electron chi connectivity index (χ1n) is 7.64. The Morgan fingerprint density at radius 1 is 1.29 bits per heavy atom. The molecule has 21 heavy (non-hydrogen) atoms. The normalized spacial score (nSPS) is 20.4. The molecule has 0 unspecified atom stereocenters. The number of anilines is 1. The fourth-order valence-corrected chi connectivity index (χ4v) is 3.49. The van der Waals surface area contributed by atoms with E-state index in [1.807, 2.05) is 29.3 Å². The molecule has 4 nitrogen and oxygen atoms in total. The minimum atomic E-state index is 0.154. The monoisotopic (exact) mass is 281 g/mol. The van der Waals surface area contributed by atoms with Crippen LogP contribution in [0.25, 0.3) is 0 Å². The van der Waals surface area contributed by atoms with Crippen LogP contribution in [0.4, 0.5) is 5.69 Å². The van der Waals surface area contributed by atoms with Crippen LogP contribution in [0.1, 0.15) is 40.5 Å². The molecule has 108 valence electrons. The highest BCUT2D eigenvalue weighted by atomic mass is 16.2. The fraction of sp³-hybridized carbons (Fsp3) is 0.353. The van der Waals surface area contributed by atoms with E-state index in [0.717, 1.165) is 43.6 Å². The fourth-order valence-electron chi connectivity index (χ4n) is 3.49. The molecule has 2 aliphatic heterocycles. The molecule has 0 spiro atoms. The lowest BCUT2D eigenvalue weighted by Gasteiger charge is -2.24. The summed E-state index contributed by atoms with van der Waals surface area (Å²) in [6, 6.07) is 10.3. The molecular weight excluding hydrogens is 262 g/mol. The van der Waals surface area contributed by atoms with Gasteiger partial charge in [0.25, 0.3) is 5.91 Å². The van der Waals surface area contributed by atoms with Crippen molar-refractivity contribution >= 4 is 11.6 Å². The van der Waals surface area contributed by atoms with Crippen molar-refractivity contribution in [2.45, 2.75) is 25.3 Å². The summed E-state index contributed by atoms with van der Waals surface area (Å²) in [7, 11) is 0. The van der Waals surface area contributed by atoms with Crippen LogP contribution < -0.4 is 5.32 Å². The van der Waals surface area contributed by atoms with Crippen LogP contribution in [0.5, 0.6) is 0 Å². The smallest absolute Gasteiger partial charge is 0.254 e. The molecule has 3 heterocycles. The Hall–Kier alpha value is -2.23. The van der Waals surface area contributed by atoms with Gasteiger partial charge < -0.3 is 15.2 Å².